The van der Waals surface area contributed by atoms with Gasteiger partial charge in [-0.25, -0.2) is 4.39 Å². The number of rotatable bonds is 3. The molecule has 8 rings (SSSR count). The molecule has 3 aliphatic heterocycles. The molecule has 3 N–H and O–H groups in total. The highest BCUT2D eigenvalue weighted by atomic mass is 19.1. The number of methoxy groups -OCH3 is 1. The van der Waals surface area contributed by atoms with Crippen LogP contribution in [0.2, 0.25) is 0 Å². The van der Waals surface area contributed by atoms with Gasteiger partial charge in [0.25, 0.3) is 17.7 Å². The lowest BCUT2D eigenvalue weighted by molar-refractivity contribution is -0.123. The Labute approximate surface area is 281 Å². The fourth-order valence-electron chi connectivity index (χ4n) is 5.95. The highest BCUT2D eigenvalue weighted by Crippen LogP contribution is 2.30. The van der Waals surface area contributed by atoms with Gasteiger partial charge in [-0.3, -0.25) is 19.5 Å². The summed E-state index contributed by atoms with van der Waals surface area (Å²) < 4.78 is 32.6. The number of likely N-dealkylation sites (tertiary alicyclic amines) is 1. The van der Waals surface area contributed by atoms with Gasteiger partial charge >= 0.3 is 0 Å². The first-order valence-electron chi connectivity index (χ1n) is 15.7. The summed E-state index contributed by atoms with van der Waals surface area (Å²) in [4.78, 5) is 41.5. The third-order valence-electron chi connectivity index (χ3n) is 8.51. The van der Waals surface area contributed by atoms with Crippen molar-refractivity contribution in [2.75, 3.05) is 26.8 Å². The predicted molar refractivity (Wildman–Crippen MR) is 178 cm³/mol. The number of ether oxygens (including phenoxy) is 3. The van der Waals surface area contributed by atoms with Gasteiger partial charge in [-0.1, -0.05) is 42.5 Å². The van der Waals surface area contributed by atoms with Crippen molar-refractivity contribution in [2.45, 2.75) is 18.7 Å². The van der Waals surface area contributed by atoms with Crippen molar-refractivity contribution in [1.82, 2.24) is 25.7 Å². The van der Waals surface area contributed by atoms with Crippen LogP contribution in [0.25, 0.3) is 22.4 Å². The molecule has 0 spiro atoms. The maximum atomic E-state index is 15.2. The van der Waals surface area contributed by atoms with Crippen LogP contribution >= 0.6 is 0 Å². The zero-order valence-corrected chi connectivity index (χ0v) is 26.4. The van der Waals surface area contributed by atoms with E-state index in [1.165, 1.54) is 12.1 Å². The van der Waals surface area contributed by atoms with Gasteiger partial charge < -0.3 is 29.7 Å². The zero-order valence-electron chi connectivity index (χ0n) is 26.4. The number of carbonyl (C=O) groups excluding carboxylic acids is 3. The average molecular weight is 662 g/mol. The van der Waals surface area contributed by atoms with Crippen LogP contribution in [-0.4, -0.2) is 71.8 Å². The number of hydrogen-bond donors (Lipinski definition) is 3. The van der Waals surface area contributed by atoms with E-state index in [-0.39, 0.29) is 49.3 Å². The molecule has 0 aliphatic carbocycles. The number of H-pyrrole nitrogens is 1. The summed E-state index contributed by atoms with van der Waals surface area (Å²) in [7, 11) is 1.56. The smallest absolute Gasteiger partial charge is 0.272 e. The van der Waals surface area contributed by atoms with Gasteiger partial charge in [0.1, 0.15) is 34.9 Å². The Balaban J connectivity index is 1.19. The van der Waals surface area contributed by atoms with E-state index in [2.05, 4.69) is 20.8 Å². The molecule has 3 aliphatic rings. The molecular formula is C37H32FN5O6. The lowest BCUT2D eigenvalue weighted by Gasteiger charge is -2.21. The number of hydrogen-bond acceptors (Lipinski definition) is 7. The molecule has 1 saturated heterocycles. The lowest BCUT2D eigenvalue weighted by Crippen LogP contribution is -2.45. The molecule has 0 saturated carbocycles. The SMILES string of the molecule is COc1ccccc1-c1cc(C(=O)N2C[C@@H]3NC(=O)c4cc(ccc4F)-c4cccc(c4)OCC(=O)NCc4ccc(cc4)O[C@H]3C2)[nH]n1. The minimum absolute atomic E-state index is 0.100. The highest BCUT2D eigenvalue weighted by Gasteiger charge is 2.39. The quantitative estimate of drug-likeness (QED) is 0.257. The van der Waals surface area contributed by atoms with Crippen molar-refractivity contribution in [2.24, 2.45) is 0 Å². The standard InChI is InChI=1S/C37H32FN5O6/c1-47-33-8-3-2-7-27(33)30-17-31(42-41-30)37(46)43-19-32-34(20-43)49-25-12-9-22(10-13-25)18-39-35(44)21-48-26-6-4-5-23(15-26)24-11-14-29(38)28(16-24)36(45)40-32/h2-17,32,34H,18-21H2,1H3,(H,39,44)(H,40,45)(H,41,42)/t32-,34-/m0/s1. The summed E-state index contributed by atoms with van der Waals surface area (Å²) in [5.41, 5.74) is 3.44. The number of aromatic amines is 1. The summed E-state index contributed by atoms with van der Waals surface area (Å²) >= 11 is 0. The summed E-state index contributed by atoms with van der Waals surface area (Å²) in [6, 6.07) is 26.7. The van der Waals surface area contributed by atoms with E-state index in [1.807, 2.05) is 36.4 Å². The molecule has 3 amide bonds. The van der Waals surface area contributed by atoms with E-state index >= 15 is 4.39 Å². The largest absolute Gasteiger partial charge is 0.496 e. The Morgan fingerprint density at radius 3 is 2.55 bits per heavy atom. The molecule has 5 aromatic rings. The summed E-state index contributed by atoms with van der Waals surface area (Å²) in [5.74, 6) is -0.432. The molecule has 1 aromatic heterocycles. The van der Waals surface area contributed by atoms with Crippen LogP contribution in [-0.2, 0) is 11.3 Å². The number of fused-ring (bicyclic) bond motifs is 7. The van der Waals surface area contributed by atoms with Gasteiger partial charge in [-0.15, -0.1) is 0 Å². The zero-order chi connectivity index (χ0) is 33.9. The predicted octanol–water partition coefficient (Wildman–Crippen LogP) is 4.60. The summed E-state index contributed by atoms with van der Waals surface area (Å²) in [6.07, 6.45) is -0.666. The number of nitrogens with one attached hydrogen (secondary N) is 3. The van der Waals surface area contributed by atoms with Crippen LogP contribution in [0.5, 0.6) is 17.2 Å². The number of aromatic nitrogens is 2. The number of amides is 3. The van der Waals surface area contributed by atoms with E-state index in [9.17, 15) is 14.4 Å². The topological polar surface area (TPSA) is 135 Å². The first-order chi connectivity index (χ1) is 23.8. The monoisotopic (exact) mass is 661 g/mol. The Morgan fingerprint density at radius 1 is 0.898 bits per heavy atom. The normalized spacial score (nSPS) is 17.6. The first kappa shape index (κ1) is 31.4. The van der Waals surface area contributed by atoms with E-state index in [1.54, 1.807) is 60.5 Å². The second-order valence-corrected chi connectivity index (χ2v) is 11.7. The molecule has 6 bridgehead atoms. The van der Waals surface area contributed by atoms with E-state index < -0.39 is 23.9 Å². The highest BCUT2D eigenvalue weighted by molar-refractivity contribution is 5.97. The third kappa shape index (κ3) is 6.79. The number of para-hydroxylation sites is 1. The van der Waals surface area contributed by atoms with Crippen LogP contribution in [0.15, 0.2) is 97.1 Å². The lowest BCUT2D eigenvalue weighted by atomic mass is 10.0. The average Bonchev–Trinajstić information content (AvgIpc) is 3.78. The van der Waals surface area contributed by atoms with E-state index in [0.29, 0.717) is 34.1 Å². The van der Waals surface area contributed by atoms with E-state index in [0.717, 1.165) is 11.1 Å². The molecule has 49 heavy (non-hydrogen) atoms. The second kappa shape index (κ2) is 13.5. The Morgan fingerprint density at radius 2 is 1.71 bits per heavy atom. The minimum Gasteiger partial charge on any atom is -0.496 e. The Bertz CT molecular complexity index is 2030. The first-order valence-corrected chi connectivity index (χ1v) is 15.7. The molecule has 0 radical (unpaired) electrons. The van der Waals surface area contributed by atoms with Crippen molar-refractivity contribution >= 4 is 17.7 Å². The maximum absolute atomic E-state index is 15.2. The van der Waals surface area contributed by atoms with Gasteiger partial charge in [0.2, 0.25) is 0 Å². The summed E-state index contributed by atoms with van der Waals surface area (Å²) in [5, 5.41) is 12.9. The molecule has 0 unspecified atom stereocenters. The van der Waals surface area contributed by atoms with Crippen molar-refractivity contribution in [3.8, 4) is 39.6 Å². The Hall–Kier alpha value is -6.17. The van der Waals surface area contributed by atoms with Gasteiger partial charge in [0.05, 0.1) is 31.0 Å². The van der Waals surface area contributed by atoms with Gasteiger partial charge in [-0.05, 0) is 71.3 Å². The molecule has 1 fully saturated rings. The minimum atomic E-state index is -0.701. The third-order valence-corrected chi connectivity index (χ3v) is 8.51. The van der Waals surface area contributed by atoms with Crippen molar-refractivity contribution < 1.29 is 33.0 Å². The van der Waals surface area contributed by atoms with Crippen LogP contribution in [0.3, 0.4) is 0 Å². The molecule has 12 heteroatoms. The van der Waals surface area contributed by atoms with Crippen LogP contribution in [0, 0.1) is 5.82 Å². The van der Waals surface area contributed by atoms with E-state index in [4.69, 9.17) is 14.2 Å². The molecular weight excluding hydrogens is 629 g/mol. The van der Waals surface area contributed by atoms with Crippen molar-refractivity contribution in [3.63, 3.8) is 0 Å². The molecule has 4 heterocycles. The van der Waals surface area contributed by atoms with Crippen LogP contribution < -0.4 is 24.8 Å². The number of benzene rings is 4. The van der Waals surface area contributed by atoms with Crippen LogP contribution in [0.4, 0.5) is 4.39 Å². The maximum Gasteiger partial charge on any atom is 0.272 e. The fourth-order valence-corrected chi connectivity index (χ4v) is 5.95. The molecule has 11 nitrogen and oxygen atoms in total. The van der Waals surface area contributed by atoms with Gasteiger partial charge in [0.15, 0.2) is 6.61 Å². The van der Waals surface area contributed by atoms with Gasteiger partial charge in [0, 0.05) is 18.7 Å². The molecule has 248 valence electrons. The number of halogens is 1. The second-order valence-electron chi connectivity index (χ2n) is 11.7. The fraction of sp³-hybridized carbons (Fsp3) is 0.189. The number of nitrogens with zero attached hydrogens (tertiary/aromatic N) is 2. The van der Waals surface area contributed by atoms with Crippen molar-refractivity contribution in [3.05, 3.63) is 120 Å². The molecule has 2 atom stereocenters. The summed E-state index contributed by atoms with van der Waals surface area (Å²) in [6.45, 7) is 0.329. The molecule has 4 aromatic carbocycles. The Kier molecular flexibility index (Phi) is 8.67. The number of carbonyl (C=O) groups is 3. The van der Waals surface area contributed by atoms with Gasteiger partial charge in [-0.2, -0.15) is 5.10 Å². The van der Waals surface area contributed by atoms with Crippen molar-refractivity contribution in [1.29, 1.82) is 0 Å². The van der Waals surface area contributed by atoms with Crippen LogP contribution in [0.1, 0.15) is 26.4 Å².